The Balaban J connectivity index is 1.97. The number of nitrogens with one attached hydrogen (secondary N) is 1. The first-order chi connectivity index (χ1) is 15.0. The van der Waals surface area contributed by atoms with Crippen LogP contribution < -0.4 is 10.9 Å². The van der Waals surface area contributed by atoms with Crippen LogP contribution in [0.4, 0.5) is 18.9 Å². The molecule has 1 heterocycles. The minimum absolute atomic E-state index is 0.0702. The van der Waals surface area contributed by atoms with Crippen molar-refractivity contribution in [2.24, 2.45) is 7.05 Å². The number of aromatic hydroxyl groups is 1. The predicted octanol–water partition coefficient (Wildman–Crippen LogP) is 4.55. The highest BCUT2D eigenvalue weighted by Gasteiger charge is 2.61. The van der Waals surface area contributed by atoms with E-state index in [1.54, 1.807) is 13.0 Å². The number of aryl methyl sites for hydroxylation is 1. The number of phenols is 1. The predicted molar refractivity (Wildman–Crippen MR) is 116 cm³/mol. The number of hydrogen-bond acceptors (Lipinski definition) is 5. The molecule has 1 aromatic heterocycles. The van der Waals surface area contributed by atoms with Gasteiger partial charge < -0.3 is 15.5 Å². The lowest BCUT2D eigenvalue weighted by molar-refractivity contribution is -0.265. The first-order valence-electron chi connectivity index (χ1n) is 9.66. The minimum atomic E-state index is -5.00. The molecule has 0 radical (unpaired) electrons. The van der Waals surface area contributed by atoms with Crippen molar-refractivity contribution < 1.29 is 23.4 Å². The summed E-state index contributed by atoms with van der Waals surface area (Å²) < 4.78 is 43.8. The van der Waals surface area contributed by atoms with Crippen molar-refractivity contribution in [2.75, 3.05) is 5.32 Å². The van der Waals surface area contributed by atoms with Crippen molar-refractivity contribution in [2.45, 2.75) is 31.2 Å². The summed E-state index contributed by atoms with van der Waals surface area (Å²) in [6.45, 7) is 1.56. The minimum Gasteiger partial charge on any atom is -0.506 e. The van der Waals surface area contributed by atoms with Crippen molar-refractivity contribution in [1.29, 1.82) is 0 Å². The second-order valence-electron chi connectivity index (χ2n) is 7.72. The van der Waals surface area contributed by atoms with Gasteiger partial charge in [-0.3, -0.25) is 4.79 Å². The first kappa shape index (κ1) is 22.2. The van der Waals surface area contributed by atoms with E-state index in [0.29, 0.717) is 10.9 Å². The Kier molecular flexibility index (Phi) is 5.21. The molecule has 0 aliphatic heterocycles. The molecule has 3 aromatic rings. The van der Waals surface area contributed by atoms with E-state index >= 15 is 0 Å². The van der Waals surface area contributed by atoms with Crippen LogP contribution in [0.5, 0.6) is 5.75 Å². The fourth-order valence-corrected chi connectivity index (χ4v) is 4.27. The molecule has 32 heavy (non-hydrogen) atoms. The maximum absolute atomic E-state index is 14.2. The zero-order valence-corrected chi connectivity index (χ0v) is 17.8. The molecule has 1 aliphatic carbocycles. The fraction of sp³-hybridized carbons (Fsp3) is 0.273. The van der Waals surface area contributed by atoms with Gasteiger partial charge in [0.15, 0.2) is 5.60 Å². The van der Waals surface area contributed by atoms with E-state index in [1.165, 1.54) is 43.6 Å². The molecule has 0 saturated carbocycles. The monoisotopic (exact) mass is 465 g/mol. The van der Waals surface area contributed by atoms with E-state index in [0.717, 1.165) is 4.68 Å². The van der Waals surface area contributed by atoms with Gasteiger partial charge in [-0.05, 0) is 47.9 Å². The van der Waals surface area contributed by atoms with Gasteiger partial charge in [-0.1, -0.05) is 23.7 Å². The summed E-state index contributed by atoms with van der Waals surface area (Å²) in [5.74, 6) is -0.279. The number of allylic oxidation sites excluding steroid dienone is 1. The molecular weight excluding hydrogens is 447 g/mol. The molecule has 6 nitrogen and oxygen atoms in total. The van der Waals surface area contributed by atoms with E-state index in [9.17, 15) is 28.2 Å². The Labute approximate surface area is 185 Å². The van der Waals surface area contributed by atoms with Gasteiger partial charge in [0.1, 0.15) is 5.75 Å². The average Bonchev–Trinajstić information content (AvgIpc) is 2.73. The van der Waals surface area contributed by atoms with E-state index in [-0.39, 0.29) is 33.0 Å². The summed E-state index contributed by atoms with van der Waals surface area (Å²) in [5.41, 5.74) is -2.77. The maximum Gasteiger partial charge on any atom is 0.419 e. The number of alkyl halides is 3. The van der Waals surface area contributed by atoms with Crippen LogP contribution in [-0.4, -0.2) is 31.8 Å². The van der Waals surface area contributed by atoms with Crippen LogP contribution in [0.15, 0.2) is 47.4 Å². The molecule has 168 valence electrons. The Morgan fingerprint density at radius 3 is 2.69 bits per heavy atom. The average molecular weight is 466 g/mol. The van der Waals surface area contributed by atoms with Gasteiger partial charge in [-0.15, -0.1) is 0 Å². The summed E-state index contributed by atoms with van der Waals surface area (Å²) in [7, 11) is 1.47. The van der Waals surface area contributed by atoms with Gasteiger partial charge in [0.2, 0.25) is 0 Å². The third-order valence-corrected chi connectivity index (χ3v) is 6.15. The van der Waals surface area contributed by atoms with Gasteiger partial charge in [0.05, 0.1) is 22.6 Å². The SMILES string of the molecule is CC=C1CC(O)(C(F)(F)F)C(Nc2cccc3c(=O)n(C)ncc23)c2cc(Cl)c(O)cc21. The standard InChI is InChI=1S/C22H19ClF3N3O3/c1-3-11-9-21(32,22(24,25)26)19(14-7-16(23)18(30)8-13(11)14)28-17-6-4-5-12-15(17)10-27-29(2)20(12)31/h3-8,10,19,28,30,32H,9H2,1-2H3. The number of nitrogens with zero attached hydrogens (tertiary/aromatic N) is 2. The highest BCUT2D eigenvalue weighted by atomic mass is 35.5. The van der Waals surface area contributed by atoms with Crippen molar-refractivity contribution in [3.05, 3.63) is 69.1 Å². The third-order valence-electron chi connectivity index (χ3n) is 5.84. The molecule has 1 aliphatic rings. The summed E-state index contributed by atoms with van der Waals surface area (Å²) in [6, 6.07) is 5.41. The molecule has 0 bridgehead atoms. The van der Waals surface area contributed by atoms with Crippen LogP contribution in [0.3, 0.4) is 0 Å². The highest BCUT2D eigenvalue weighted by Crippen LogP contribution is 2.53. The zero-order valence-electron chi connectivity index (χ0n) is 17.0. The summed E-state index contributed by atoms with van der Waals surface area (Å²) >= 11 is 6.03. The molecule has 2 unspecified atom stereocenters. The Morgan fingerprint density at radius 1 is 1.31 bits per heavy atom. The second-order valence-corrected chi connectivity index (χ2v) is 8.13. The van der Waals surface area contributed by atoms with Gasteiger partial charge in [-0.2, -0.15) is 18.3 Å². The summed E-state index contributed by atoms with van der Waals surface area (Å²) in [5, 5.41) is 28.2. The Hall–Kier alpha value is -3.04. The zero-order chi connectivity index (χ0) is 23.4. The molecule has 0 fully saturated rings. The molecule has 10 heteroatoms. The van der Waals surface area contributed by atoms with Crippen molar-refractivity contribution in [3.63, 3.8) is 0 Å². The molecule has 0 saturated heterocycles. The number of anilines is 1. The lowest BCUT2D eigenvalue weighted by atomic mass is 9.73. The fourth-order valence-electron chi connectivity index (χ4n) is 4.10. The van der Waals surface area contributed by atoms with Gasteiger partial charge in [0.25, 0.3) is 5.56 Å². The lowest BCUT2D eigenvalue weighted by Crippen LogP contribution is -2.54. The topological polar surface area (TPSA) is 87.4 Å². The number of aliphatic hydroxyl groups is 1. The third kappa shape index (κ3) is 3.32. The number of phenolic OH excluding ortho intramolecular Hbond substituents is 1. The van der Waals surface area contributed by atoms with Gasteiger partial charge >= 0.3 is 6.18 Å². The van der Waals surface area contributed by atoms with E-state index in [2.05, 4.69) is 10.4 Å². The molecular formula is C22H19ClF3N3O3. The molecule has 4 rings (SSSR count). The number of halogens is 4. The van der Waals surface area contributed by atoms with Gasteiger partial charge in [-0.25, -0.2) is 4.68 Å². The maximum atomic E-state index is 14.2. The van der Waals surface area contributed by atoms with Crippen molar-refractivity contribution in [1.82, 2.24) is 9.78 Å². The number of rotatable bonds is 2. The smallest absolute Gasteiger partial charge is 0.419 e. The van der Waals surface area contributed by atoms with E-state index < -0.39 is 29.8 Å². The Morgan fingerprint density at radius 2 is 2.03 bits per heavy atom. The van der Waals surface area contributed by atoms with E-state index in [4.69, 9.17) is 11.6 Å². The van der Waals surface area contributed by atoms with Crippen molar-refractivity contribution >= 4 is 33.6 Å². The lowest BCUT2D eigenvalue weighted by Gasteiger charge is -2.44. The molecule has 3 N–H and O–H groups in total. The largest absolute Gasteiger partial charge is 0.506 e. The quantitative estimate of drug-likeness (QED) is 0.517. The van der Waals surface area contributed by atoms with Crippen LogP contribution in [0.2, 0.25) is 5.02 Å². The number of hydrogen-bond donors (Lipinski definition) is 3. The van der Waals surface area contributed by atoms with Crippen LogP contribution in [0.1, 0.15) is 30.5 Å². The molecule has 0 spiro atoms. The first-order valence-corrected chi connectivity index (χ1v) is 10.0. The number of benzene rings is 2. The van der Waals surface area contributed by atoms with Crippen LogP contribution >= 0.6 is 11.6 Å². The second kappa shape index (κ2) is 7.53. The van der Waals surface area contributed by atoms with E-state index in [1.807, 2.05) is 0 Å². The molecule has 2 aromatic carbocycles. The normalized spacial score (nSPS) is 22.2. The number of aromatic nitrogens is 2. The number of fused-ring (bicyclic) bond motifs is 2. The van der Waals surface area contributed by atoms with Gasteiger partial charge in [0, 0.05) is 24.5 Å². The van der Waals surface area contributed by atoms with Crippen molar-refractivity contribution in [3.8, 4) is 5.75 Å². The molecule has 2 atom stereocenters. The molecule has 0 amide bonds. The van der Waals surface area contributed by atoms with Crippen LogP contribution in [-0.2, 0) is 7.05 Å². The Bertz CT molecular complexity index is 1320. The highest BCUT2D eigenvalue weighted by molar-refractivity contribution is 6.32. The summed E-state index contributed by atoms with van der Waals surface area (Å²) in [4.78, 5) is 12.4. The van der Waals surface area contributed by atoms with Crippen LogP contribution in [0, 0.1) is 0 Å². The summed E-state index contributed by atoms with van der Waals surface area (Å²) in [6.07, 6.45) is -2.90. The van der Waals surface area contributed by atoms with Crippen LogP contribution in [0.25, 0.3) is 16.3 Å².